The van der Waals surface area contributed by atoms with Crippen LogP contribution in [-0.2, 0) is 0 Å². The van der Waals surface area contributed by atoms with Crippen LogP contribution in [0.2, 0.25) is 0 Å². The van der Waals surface area contributed by atoms with Gasteiger partial charge in [0.15, 0.2) is 0 Å². The van der Waals surface area contributed by atoms with Crippen LogP contribution >= 0.6 is 12.2 Å². The number of hydrogen-bond donors (Lipinski definition) is 2. The molecule has 1 aromatic heterocycles. The van der Waals surface area contributed by atoms with Crippen LogP contribution in [0.1, 0.15) is 5.56 Å². The van der Waals surface area contributed by atoms with Crippen molar-refractivity contribution in [2.45, 2.75) is 0 Å². The van der Waals surface area contributed by atoms with E-state index in [1.165, 1.54) is 6.07 Å². The zero-order valence-corrected chi connectivity index (χ0v) is 11.8. The van der Waals surface area contributed by atoms with E-state index in [-0.39, 0.29) is 4.99 Å². The first-order chi connectivity index (χ1) is 10.1. The van der Waals surface area contributed by atoms with Crippen LogP contribution in [0, 0.1) is 5.82 Å². The monoisotopic (exact) mass is 297 g/mol. The topological polar surface area (TPSA) is 50.9 Å². The molecule has 3 N–H and O–H groups in total. The van der Waals surface area contributed by atoms with E-state index in [0.717, 1.165) is 16.6 Å². The van der Waals surface area contributed by atoms with E-state index < -0.39 is 5.82 Å². The lowest BCUT2D eigenvalue weighted by Gasteiger charge is -2.10. The maximum absolute atomic E-state index is 14.1. The summed E-state index contributed by atoms with van der Waals surface area (Å²) < 4.78 is 14.1. The minimum Gasteiger partial charge on any atom is -0.389 e. The van der Waals surface area contributed by atoms with Crippen molar-refractivity contribution in [3.8, 4) is 0 Å². The lowest BCUT2D eigenvalue weighted by Crippen LogP contribution is -2.09. The van der Waals surface area contributed by atoms with E-state index in [2.05, 4.69) is 10.3 Å². The Morgan fingerprint density at radius 2 is 1.90 bits per heavy atom. The van der Waals surface area contributed by atoms with E-state index in [1.54, 1.807) is 18.3 Å². The predicted octanol–water partition coefficient (Wildman–Crippen LogP) is 3.75. The molecule has 0 fully saturated rings. The highest BCUT2D eigenvalue weighted by Gasteiger charge is 2.08. The van der Waals surface area contributed by atoms with Gasteiger partial charge in [-0.15, -0.1) is 0 Å². The molecule has 0 unspecified atom stereocenters. The standard InChI is InChI=1S/C16H12FN3S/c17-12-9-11(16(18)21)6-7-13(12)20-14-5-1-3-10-4-2-8-19-15(10)14/h1-9,20H,(H2,18,21). The van der Waals surface area contributed by atoms with Gasteiger partial charge >= 0.3 is 0 Å². The Morgan fingerprint density at radius 3 is 2.67 bits per heavy atom. The zero-order valence-electron chi connectivity index (χ0n) is 11.0. The molecule has 1 heterocycles. The highest BCUT2D eigenvalue weighted by Crippen LogP contribution is 2.26. The first-order valence-corrected chi connectivity index (χ1v) is 6.76. The van der Waals surface area contributed by atoms with E-state index in [1.807, 2.05) is 30.3 Å². The van der Waals surface area contributed by atoms with Gasteiger partial charge in [-0.2, -0.15) is 0 Å². The van der Waals surface area contributed by atoms with Crippen molar-refractivity contribution in [1.29, 1.82) is 0 Å². The number of nitrogens with one attached hydrogen (secondary N) is 1. The molecule has 0 bridgehead atoms. The molecule has 5 heteroatoms. The minimum absolute atomic E-state index is 0.173. The second kappa shape index (κ2) is 5.46. The molecule has 0 aliphatic carbocycles. The van der Waals surface area contributed by atoms with Gasteiger partial charge < -0.3 is 11.1 Å². The lowest BCUT2D eigenvalue weighted by molar-refractivity contribution is 0.631. The second-order valence-electron chi connectivity index (χ2n) is 4.56. The van der Waals surface area contributed by atoms with E-state index in [4.69, 9.17) is 18.0 Å². The van der Waals surface area contributed by atoms with Gasteiger partial charge in [0.2, 0.25) is 0 Å². The number of aromatic nitrogens is 1. The summed E-state index contributed by atoms with van der Waals surface area (Å²) >= 11 is 4.84. The normalized spacial score (nSPS) is 10.5. The number of nitrogens with two attached hydrogens (primary N) is 1. The number of anilines is 2. The van der Waals surface area contributed by atoms with Gasteiger partial charge in [0.25, 0.3) is 0 Å². The Bertz CT molecular complexity index is 827. The molecule has 0 aliphatic rings. The summed E-state index contributed by atoms with van der Waals surface area (Å²) in [5.41, 5.74) is 7.89. The summed E-state index contributed by atoms with van der Waals surface area (Å²) in [6.07, 6.45) is 1.71. The first-order valence-electron chi connectivity index (χ1n) is 6.35. The minimum atomic E-state index is -0.409. The molecule has 21 heavy (non-hydrogen) atoms. The summed E-state index contributed by atoms with van der Waals surface area (Å²) in [6, 6.07) is 14.2. The van der Waals surface area contributed by atoms with Crippen molar-refractivity contribution in [3.63, 3.8) is 0 Å². The zero-order chi connectivity index (χ0) is 14.8. The van der Waals surface area contributed by atoms with Crippen molar-refractivity contribution < 1.29 is 4.39 Å². The van der Waals surface area contributed by atoms with Gasteiger partial charge in [-0.25, -0.2) is 4.39 Å². The van der Waals surface area contributed by atoms with Crippen molar-refractivity contribution in [1.82, 2.24) is 4.98 Å². The van der Waals surface area contributed by atoms with Crippen molar-refractivity contribution in [2.24, 2.45) is 5.73 Å². The van der Waals surface area contributed by atoms with Gasteiger partial charge in [-0.05, 0) is 30.3 Å². The molecule has 0 radical (unpaired) electrons. The number of rotatable bonds is 3. The van der Waals surface area contributed by atoms with Crippen LogP contribution in [0.5, 0.6) is 0 Å². The smallest absolute Gasteiger partial charge is 0.147 e. The van der Waals surface area contributed by atoms with Gasteiger partial charge in [0, 0.05) is 17.1 Å². The van der Waals surface area contributed by atoms with Crippen LogP contribution in [0.25, 0.3) is 10.9 Å². The van der Waals surface area contributed by atoms with Gasteiger partial charge in [0.1, 0.15) is 10.8 Å². The highest BCUT2D eigenvalue weighted by molar-refractivity contribution is 7.80. The third kappa shape index (κ3) is 2.68. The fourth-order valence-electron chi connectivity index (χ4n) is 2.12. The molecule has 0 amide bonds. The molecular weight excluding hydrogens is 285 g/mol. The summed E-state index contributed by atoms with van der Waals surface area (Å²) in [5, 5.41) is 4.05. The lowest BCUT2D eigenvalue weighted by atomic mass is 10.1. The number of para-hydroxylation sites is 1. The third-order valence-corrected chi connectivity index (χ3v) is 3.39. The number of halogens is 1. The maximum atomic E-state index is 14.1. The molecule has 0 atom stereocenters. The van der Waals surface area contributed by atoms with E-state index >= 15 is 0 Å². The fourth-order valence-corrected chi connectivity index (χ4v) is 2.25. The molecule has 0 saturated heterocycles. The van der Waals surface area contributed by atoms with Crippen LogP contribution in [0.4, 0.5) is 15.8 Å². The molecule has 3 rings (SSSR count). The summed E-state index contributed by atoms with van der Waals surface area (Å²) in [7, 11) is 0. The summed E-state index contributed by atoms with van der Waals surface area (Å²) in [6.45, 7) is 0. The number of fused-ring (bicyclic) bond motifs is 1. The predicted molar refractivity (Wildman–Crippen MR) is 87.3 cm³/mol. The third-order valence-electron chi connectivity index (χ3n) is 3.16. The van der Waals surface area contributed by atoms with E-state index in [9.17, 15) is 4.39 Å². The molecule has 0 aliphatic heterocycles. The van der Waals surface area contributed by atoms with Gasteiger partial charge in [-0.3, -0.25) is 4.98 Å². The molecule has 3 aromatic rings. The van der Waals surface area contributed by atoms with Crippen LogP contribution in [0.15, 0.2) is 54.7 Å². The number of pyridine rings is 1. The Kier molecular flexibility index (Phi) is 3.50. The highest BCUT2D eigenvalue weighted by atomic mass is 32.1. The number of benzene rings is 2. The van der Waals surface area contributed by atoms with Crippen LogP contribution in [0.3, 0.4) is 0 Å². The van der Waals surface area contributed by atoms with Crippen LogP contribution in [-0.4, -0.2) is 9.97 Å². The maximum Gasteiger partial charge on any atom is 0.147 e. The van der Waals surface area contributed by atoms with E-state index in [0.29, 0.717) is 11.3 Å². The van der Waals surface area contributed by atoms with Crippen LogP contribution < -0.4 is 11.1 Å². The second-order valence-corrected chi connectivity index (χ2v) is 5.00. The summed E-state index contributed by atoms with van der Waals surface area (Å²) in [4.78, 5) is 4.50. The number of thiocarbonyl (C=S) groups is 1. The Balaban J connectivity index is 2.01. The SMILES string of the molecule is NC(=S)c1ccc(Nc2cccc3cccnc23)c(F)c1. The Hall–Kier alpha value is -2.53. The Labute approximate surface area is 126 Å². The molecule has 3 nitrogen and oxygen atoms in total. The van der Waals surface area contributed by atoms with Crippen molar-refractivity contribution in [2.75, 3.05) is 5.32 Å². The quantitative estimate of drug-likeness (QED) is 0.723. The average Bonchev–Trinajstić information content (AvgIpc) is 2.49. The Morgan fingerprint density at radius 1 is 1.10 bits per heavy atom. The van der Waals surface area contributed by atoms with Gasteiger partial charge in [-0.1, -0.05) is 30.4 Å². The fraction of sp³-hybridized carbons (Fsp3) is 0. The molecule has 2 aromatic carbocycles. The molecule has 0 spiro atoms. The van der Waals surface area contributed by atoms with Crippen molar-refractivity contribution in [3.05, 3.63) is 66.1 Å². The first kappa shape index (κ1) is 13.5. The molecule has 104 valence electrons. The largest absolute Gasteiger partial charge is 0.389 e. The van der Waals surface area contributed by atoms with Gasteiger partial charge in [0.05, 0.1) is 16.9 Å². The average molecular weight is 297 g/mol. The number of hydrogen-bond acceptors (Lipinski definition) is 3. The number of nitrogens with zero attached hydrogens (tertiary/aromatic N) is 1. The van der Waals surface area contributed by atoms with Crippen molar-refractivity contribution >= 4 is 39.5 Å². The molecule has 0 saturated carbocycles. The molecular formula is C16H12FN3S. The summed E-state index contributed by atoms with van der Waals surface area (Å²) in [5.74, 6) is -0.409.